The summed E-state index contributed by atoms with van der Waals surface area (Å²) in [6.07, 6.45) is 3.85. The van der Waals surface area contributed by atoms with Crippen molar-refractivity contribution >= 4 is 27.5 Å². The molecule has 1 aliphatic rings. The van der Waals surface area contributed by atoms with Gasteiger partial charge in [-0.05, 0) is 24.3 Å². The second kappa shape index (κ2) is 4.86. The average molecular weight is 289 g/mol. The van der Waals surface area contributed by atoms with E-state index in [1.807, 2.05) is 12.3 Å². The fourth-order valence-electron chi connectivity index (χ4n) is 2.58. The van der Waals surface area contributed by atoms with Crippen LogP contribution in [-0.4, -0.2) is 33.4 Å². The van der Waals surface area contributed by atoms with Crippen molar-refractivity contribution in [2.75, 3.05) is 13.1 Å². The van der Waals surface area contributed by atoms with E-state index in [0.717, 1.165) is 11.1 Å². The van der Waals surface area contributed by atoms with Gasteiger partial charge in [0.1, 0.15) is 10.7 Å². The number of likely N-dealkylation sites (tertiary alicyclic amines) is 1. The van der Waals surface area contributed by atoms with Crippen molar-refractivity contribution in [3.63, 3.8) is 0 Å². The van der Waals surface area contributed by atoms with Crippen LogP contribution in [0.1, 0.15) is 18.0 Å². The van der Waals surface area contributed by atoms with Crippen molar-refractivity contribution in [3.05, 3.63) is 40.3 Å². The molecule has 1 atom stereocenters. The Hall–Kier alpha value is -1.95. The number of aromatic nitrogens is 2. The van der Waals surface area contributed by atoms with E-state index in [-0.39, 0.29) is 11.5 Å². The molecule has 1 unspecified atom stereocenters. The number of amides is 1. The van der Waals surface area contributed by atoms with Crippen LogP contribution in [0.5, 0.6) is 0 Å². The average Bonchev–Trinajstić information content (AvgIpc) is 2.97. The van der Waals surface area contributed by atoms with Crippen LogP contribution < -0.4 is 5.56 Å². The third-order valence-corrected chi connectivity index (χ3v) is 4.71. The van der Waals surface area contributed by atoms with Gasteiger partial charge in [-0.2, -0.15) is 0 Å². The van der Waals surface area contributed by atoms with Gasteiger partial charge in [0.05, 0.1) is 11.8 Å². The first-order valence-electron chi connectivity index (χ1n) is 6.48. The summed E-state index contributed by atoms with van der Waals surface area (Å²) in [6, 6.07) is -0.429. The molecular formula is C14H15N3O2S. The van der Waals surface area contributed by atoms with E-state index in [1.54, 1.807) is 11.0 Å². The third-order valence-electron chi connectivity index (χ3n) is 3.64. The smallest absolute Gasteiger partial charge is 0.272 e. The van der Waals surface area contributed by atoms with E-state index in [2.05, 4.69) is 11.6 Å². The summed E-state index contributed by atoms with van der Waals surface area (Å²) in [5.41, 5.74) is 1.62. The van der Waals surface area contributed by atoms with E-state index in [0.29, 0.717) is 24.2 Å². The Morgan fingerprint density at radius 1 is 1.55 bits per heavy atom. The minimum Gasteiger partial charge on any atom is -0.337 e. The van der Waals surface area contributed by atoms with Crippen molar-refractivity contribution in [2.24, 2.45) is 0 Å². The van der Waals surface area contributed by atoms with Crippen molar-refractivity contribution < 1.29 is 4.79 Å². The van der Waals surface area contributed by atoms with Crippen molar-refractivity contribution in [1.29, 1.82) is 0 Å². The topological polar surface area (TPSA) is 55.2 Å². The number of aryl methyl sites for hydroxylation is 1. The van der Waals surface area contributed by atoms with Gasteiger partial charge >= 0.3 is 0 Å². The Morgan fingerprint density at radius 2 is 2.35 bits per heavy atom. The lowest BCUT2D eigenvalue weighted by Gasteiger charge is -2.15. The molecule has 2 aromatic heterocycles. The summed E-state index contributed by atoms with van der Waals surface area (Å²) >= 11 is 1.39. The second-order valence-corrected chi connectivity index (χ2v) is 5.81. The van der Waals surface area contributed by atoms with Crippen molar-refractivity contribution in [2.45, 2.75) is 19.4 Å². The van der Waals surface area contributed by atoms with E-state index in [1.165, 1.54) is 22.2 Å². The molecule has 0 aliphatic carbocycles. The largest absolute Gasteiger partial charge is 0.337 e. The molecule has 104 valence electrons. The molecule has 1 amide bonds. The van der Waals surface area contributed by atoms with E-state index in [4.69, 9.17) is 0 Å². The molecule has 3 heterocycles. The molecule has 1 fully saturated rings. The van der Waals surface area contributed by atoms with Crippen LogP contribution in [0.4, 0.5) is 0 Å². The number of thiophene rings is 1. The highest BCUT2D eigenvalue weighted by molar-refractivity contribution is 7.17. The molecular weight excluding hydrogens is 274 g/mol. The molecule has 5 nitrogen and oxygen atoms in total. The quantitative estimate of drug-likeness (QED) is 0.809. The lowest BCUT2D eigenvalue weighted by atomic mass is 10.2. The Balaban J connectivity index is 2.03. The predicted octanol–water partition coefficient (Wildman–Crippen LogP) is 1.73. The number of nitrogens with zero attached hydrogens (tertiary/aromatic N) is 3. The first kappa shape index (κ1) is 13.1. The predicted molar refractivity (Wildman–Crippen MR) is 79.0 cm³/mol. The van der Waals surface area contributed by atoms with Crippen LogP contribution in [0.2, 0.25) is 0 Å². The van der Waals surface area contributed by atoms with Crippen LogP contribution >= 0.6 is 11.3 Å². The Bertz CT molecular complexity index is 746. The fourth-order valence-corrected chi connectivity index (χ4v) is 3.52. The summed E-state index contributed by atoms with van der Waals surface area (Å²) in [4.78, 5) is 30.8. The normalized spacial score (nSPS) is 18.9. The number of hydrogen-bond donors (Lipinski definition) is 0. The minimum atomic E-state index is -0.429. The van der Waals surface area contributed by atoms with E-state index in [9.17, 15) is 9.59 Å². The maximum Gasteiger partial charge on any atom is 0.272 e. The lowest BCUT2D eigenvalue weighted by Crippen LogP contribution is -2.32. The van der Waals surface area contributed by atoms with Crippen LogP contribution in [0.3, 0.4) is 0 Å². The minimum absolute atomic E-state index is 0.0265. The van der Waals surface area contributed by atoms with Gasteiger partial charge in [-0.1, -0.05) is 6.08 Å². The van der Waals surface area contributed by atoms with Gasteiger partial charge in [0.2, 0.25) is 5.91 Å². The summed E-state index contributed by atoms with van der Waals surface area (Å²) in [5.74, 6) is -0.0265. The molecule has 1 aliphatic heterocycles. The zero-order valence-corrected chi connectivity index (χ0v) is 12.0. The summed E-state index contributed by atoms with van der Waals surface area (Å²) in [7, 11) is 0. The molecule has 0 aromatic carbocycles. The van der Waals surface area contributed by atoms with Gasteiger partial charge in [0.15, 0.2) is 0 Å². The molecule has 0 spiro atoms. The third kappa shape index (κ3) is 1.87. The molecule has 0 N–H and O–H groups in total. The monoisotopic (exact) mass is 289 g/mol. The van der Waals surface area contributed by atoms with E-state index >= 15 is 0 Å². The standard InChI is InChI=1S/C14H15N3O2S/c1-3-5-16-6-4-10(13(16)18)17-8-15-11-9(2)7-20-12(11)14(17)19/h3,7-8,10H,1,4-6H2,2H3. The molecule has 1 saturated heterocycles. The van der Waals surface area contributed by atoms with Crippen LogP contribution in [-0.2, 0) is 4.79 Å². The van der Waals surface area contributed by atoms with Crippen LogP contribution in [0, 0.1) is 6.92 Å². The number of hydrogen-bond acceptors (Lipinski definition) is 4. The molecule has 20 heavy (non-hydrogen) atoms. The highest BCUT2D eigenvalue weighted by atomic mass is 32.1. The number of carbonyl (C=O) groups excluding carboxylic acids is 1. The Labute approximate surface area is 120 Å². The highest BCUT2D eigenvalue weighted by Gasteiger charge is 2.33. The lowest BCUT2D eigenvalue weighted by molar-refractivity contribution is -0.130. The van der Waals surface area contributed by atoms with Gasteiger partial charge in [0, 0.05) is 13.1 Å². The maximum atomic E-state index is 12.5. The summed E-state index contributed by atoms with van der Waals surface area (Å²) in [6.45, 7) is 6.76. The molecule has 0 bridgehead atoms. The van der Waals surface area contributed by atoms with Crippen molar-refractivity contribution in [3.8, 4) is 0 Å². The van der Waals surface area contributed by atoms with Gasteiger partial charge in [0.25, 0.3) is 5.56 Å². The van der Waals surface area contributed by atoms with Gasteiger partial charge < -0.3 is 4.90 Å². The van der Waals surface area contributed by atoms with Crippen molar-refractivity contribution in [1.82, 2.24) is 14.5 Å². The van der Waals surface area contributed by atoms with E-state index < -0.39 is 6.04 Å². The zero-order valence-electron chi connectivity index (χ0n) is 11.2. The number of fused-ring (bicyclic) bond motifs is 1. The Morgan fingerprint density at radius 3 is 3.10 bits per heavy atom. The van der Waals surface area contributed by atoms with Crippen LogP contribution in [0.25, 0.3) is 10.2 Å². The second-order valence-electron chi connectivity index (χ2n) is 4.93. The van der Waals surface area contributed by atoms with Crippen LogP contribution in [0.15, 0.2) is 29.2 Å². The molecule has 2 aromatic rings. The van der Waals surface area contributed by atoms with Gasteiger partial charge in [-0.25, -0.2) is 4.98 Å². The summed E-state index contributed by atoms with van der Waals surface area (Å²) in [5, 5.41) is 1.92. The first-order valence-corrected chi connectivity index (χ1v) is 7.36. The molecule has 6 heteroatoms. The Kier molecular flexibility index (Phi) is 3.17. The molecule has 0 radical (unpaired) electrons. The fraction of sp³-hybridized carbons (Fsp3) is 0.357. The molecule has 0 saturated carbocycles. The SMILES string of the molecule is C=CCN1CCC(n2cnc3c(C)csc3c2=O)C1=O. The van der Waals surface area contributed by atoms with Gasteiger partial charge in [-0.15, -0.1) is 17.9 Å². The zero-order chi connectivity index (χ0) is 14.3. The maximum absolute atomic E-state index is 12.5. The summed E-state index contributed by atoms with van der Waals surface area (Å²) < 4.78 is 2.10. The highest BCUT2D eigenvalue weighted by Crippen LogP contribution is 2.24. The van der Waals surface area contributed by atoms with Gasteiger partial charge in [-0.3, -0.25) is 14.2 Å². The number of rotatable bonds is 3. The molecule has 3 rings (SSSR count). The first-order chi connectivity index (χ1) is 9.63. The number of carbonyl (C=O) groups is 1.